The second-order valence-electron chi connectivity index (χ2n) is 1.06. The maximum absolute atomic E-state index is 9.94. The van der Waals surface area contributed by atoms with Crippen molar-refractivity contribution in [3.8, 4) is 0 Å². The van der Waals surface area contributed by atoms with Crippen LogP contribution in [0.4, 0.5) is 0 Å². The second kappa shape index (κ2) is 4.32. The van der Waals surface area contributed by atoms with Gasteiger partial charge in [-0.2, -0.15) is 0 Å². The Labute approximate surface area is 58.1 Å². The third-order valence-corrected chi connectivity index (χ3v) is 0.445. The summed E-state index contributed by atoms with van der Waals surface area (Å²) >= 11 is 0. The van der Waals surface area contributed by atoms with Gasteiger partial charge in [-0.1, -0.05) is 0 Å². The molecule has 0 aromatic heterocycles. The van der Waals surface area contributed by atoms with E-state index in [2.05, 4.69) is 14.1 Å². The quantitative estimate of drug-likeness (QED) is 0.583. The van der Waals surface area contributed by atoms with Crippen molar-refractivity contribution in [2.75, 3.05) is 0 Å². The summed E-state index contributed by atoms with van der Waals surface area (Å²) in [5.41, 5.74) is 0. The molecule has 3 heteroatoms. The fourth-order valence-corrected chi connectivity index (χ4v) is 0. The molecule has 0 aromatic rings. The van der Waals surface area contributed by atoms with Crippen molar-refractivity contribution in [3.05, 3.63) is 14.1 Å². The molecule has 0 heterocycles. The predicted molar refractivity (Wildman–Crippen MR) is 23.2 cm³/mol. The van der Waals surface area contributed by atoms with Crippen LogP contribution in [0, 0.1) is 14.1 Å². The summed E-state index contributed by atoms with van der Waals surface area (Å²) < 4.78 is 0. The van der Waals surface area contributed by atoms with E-state index in [9.17, 15) is 4.79 Å². The monoisotopic (exact) mass is 269 g/mol. The number of hydrogen-bond donors (Lipinski definition) is 0. The van der Waals surface area contributed by atoms with Crippen LogP contribution in [0.5, 0.6) is 0 Å². The average molecular weight is 269 g/mol. The van der Waals surface area contributed by atoms with E-state index in [4.69, 9.17) is 0 Å². The number of carbonyl (C=O) groups excluding carboxylic acids is 1. The van der Waals surface area contributed by atoms with Crippen molar-refractivity contribution in [2.45, 2.75) is 6.92 Å². The number of amides is 1. The summed E-state index contributed by atoms with van der Waals surface area (Å²) in [5.74, 6) is -0.130. The van der Waals surface area contributed by atoms with Crippen molar-refractivity contribution in [2.24, 2.45) is 0 Å². The molecule has 0 saturated carbocycles. The molecular formula is C4H7NOW. The van der Waals surface area contributed by atoms with Crippen molar-refractivity contribution in [1.29, 1.82) is 0 Å². The first-order chi connectivity index (χ1) is 2.64. The Morgan fingerprint density at radius 2 is 1.71 bits per heavy atom. The summed E-state index contributed by atoms with van der Waals surface area (Å²) in [6, 6.07) is 0. The molecule has 0 spiro atoms. The smallest absolute Gasteiger partial charge is 0.642 e. The predicted octanol–water partition coefficient (Wildman–Crippen LogP) is 0.416. The Hall–Kier alpha value is 0.158. The van der Waals surface area contributed by atoms with Gasteiger partial charge in [-0.15, -0.1) is 0 Å². The molecule has 1 amide bonds. The maximum atomic E-state index is 9.94. The minimum absolute atomic E-state index is 0. The Kier molecular flexibility index (Phi) is 6.30. The van der Waals surface area contributed by atoms with Crippen molar-refractivity contribution >= 4 is 5.91 Å². The van der Waals surface area contributed by atoms with Gasteiger partial charge in [-0.25, -0.2) is 0 Å². The zero-order chi connectivity index (χ0) is 5.15. The summed E-state index contributed by atoms with van der Waals surface area (Å²) in [5, 5.41) is 0. The van der Waals surface area contributed by atoms with E-state index < -0.39 is 0 Å². The third kappa shape index (κ3) is 6.16. The van der Waals surface area contributed by atoms with Gasteiger partial charge in [0.05, 0.1) is 0 Å². The van der Waals surface area contributed by atoms with Crippen LogP contribution in [0.3, 0.4) is 0 Å². The fourth-order valence-electron chi connectivity index (χ4n) is 0. The van der Waals surface area contributed by atoms with E-state index in [1.54, 1.807) is 0 Å². The van der Waals surface area contributed by atoms with Crippen LogP contribution < -0.4 is 0 Å². The molecule has 0 N–H and O–H groups in total. The molecule has 0 aliphatic rings. The van der Waals surface area contributed by atoms with Crippen LogP contribution in [0.1, 0.15) is 6.92 Å². The SMILES string of the molecule is [CH2-]N([CH2-])C(C)=O.[W+2]. The van der Waals surface area contributed by atoms with Gasteiger partial charge in [0.25, 0.3) is 0 Å². The summed E-state index contributed by atoms with van der Waals surface area (Å²) in [4.78, 5) is 11.0. The first-order valence-electron chi connectivity index (χ1n) is 1.56. The van der Waals surface area contributed by atoms with Crippen LogP contribution in [0.15, 0.2) is 0 Å². The molecule has 0 aliphatic heterocycles. The Morgan fingerprint density at radius 1 is 1.57 bits per heavy atom. The largest absolute Gasteiger partial charge is 2.00 e. The van der Waals surface area contributed by atoms with E-state index >= 15 is 0 Å². The molecule has 0 radical (unpaired) electrons. The van der Waals surface area contributed by atoms with Gasteiger partial charge >= 0.3 is 21.1 Å². The Bertz CT molecular complexity index is 62.7. The molecule has 7 heavy (non-hydrogen) atoms. The van der Waals surface area contributed by atoms with Gasteiger partial charge in [0.2, 0.25) is 0 Å². The van der Waals surface area contributed by atoms with E-state index in [0.29, 0.717) is 0 Å². The molecule has 0 aliphatic carbocycles. The molecule has 0 saturated heterocycles. The fraction of sp³-hybridized carbons (Fsp3) is 0.250. The van der Waals surface area contributed by atoms with Gasteiger partial charge in [-0.05, 0) is 0 Å². The number of nitrogens with zero attached hydrogens (tertiary/aromatic N) is 1. The van der Waals surface area contributed by atoms with Crippen LogP contribution in [-0.2, 0) is 25.9 Å². The second-order valence-corrected chi connectivity index (χ2v) is 1.06. The molecule has 0 unspecified atom stereocenters. The standard InChI is InChI=1S/C4H7NO.W/c1-4(6)5(2)3;/h2-3H2,1H3;/q-2;+2. The molecule has 2 nitrogen and oxygen atoms in total. The first kappa shape index (κ1) is 10.2. The van der Waals surface area contributed by atoms with E-state index in [1.807, 2.05) is 0 Å². The zero-order valence-electron chi connectivity index (χ0n) is 4.18. The van der Waals surface area contributed by atoms with Crippen LogP contribution in [0.25, 0.3) is 0 Å². The Balaban J connectivity index is 0. The van der Waals surface area contributed by atoms with Crippen molar-refractivity contribution in [3.63, 3.8) is 0 Å². The van der Waals surface area contributed by atoms with Gasteiger partial charge in [0.15, 0.2) is 5.91 Å². The van der Waals surface area contributed by atoms with E-state index in [-0.39, 0.29) is 27.0 Å². The van der Waals surface area contributed by atoms with E-state index in [1.165, 1.54) is 6.92 Å². The van der Waals surface area contributed by atoms with Gasteiger partial charge in [0, 0.05) is 6.92 Å². The Morgan fingerprint density at radius 3 is 1.71 bits per heavy atom. The molecule has 0 fully saturated rings. The summed E-state index contributed by atoms with van der Waals surface area (Å²) in [6.45, 7) is 1.40. The van der Waals surface area contributed by atoms with Gasteiger partial charge in [0.1, 0.15) is 0 Å². The van der Waals surface area contributed by atoms with Crippen LogP contribution >= 0.6 is 0 Å². The number of hydrogen-bond acceptors (Lipinski definition) is 1. The molecule has 0 atom stereocenters. The average Bonchev–Trinajstić information content (AvgIpc) is 1.36. The van der Waals surface area contributed by atoms with Crippen LogP contribution in [0.2, 0.25) is 0 Å². The summed E-state index contributed by atoms with van der Waals surface area (Å²) in [7, 11) is 6.42. The minimum Gasteiger partial charge on any atom is -0.642 e. The normalized spacial score (nSPS) is 6.71. The molecule has 0 bridgehead atoms. The van der Waals surface area contributed by atoms with Crippen molar-refractivity contribution in [1.82, 2.24) is 4.90 Å². The van der Waals surface area contributed by atoms with Gasteiger partial charge in [-0.3, -0.25) is 18.9 Å². The van der Waals surface area contributed by atoms with Gasteiger partial charge < -0.3 is 4.90 Å². The first-order valence-corrected chi connectivity index (χ1v) is 1.56. The minimum atomic E-state index is -0.130. The third-order valence-electron chi connectivity index (χ3n) is 0.445. The van der Waals surface area contributed by atoms with Crippen LogP contribution in [-0.4, -0.2) is 10.8 Å². The molecule has 40 valence electrons. The zero-order valence-corrected chi connectivity index (χ0v) is 7.11. The van der Waals surface area contributed by atoms with Crippen molar-refractivity contribution < 1.29 is 25.9 Å². The summed E-state index contributed by atoms with van der Waals surface area (Å²) in [6.07, 6.45) is 0. The molecule has 0 aromatic carbocycles. The van der Waals surface area contributed by atoms with E-state index in [0.717, 1.165) is 4.90 Å². The number of rotatable bonds is 0. The number of carbonyl (C=O) groups is 1. The topological polar surface area (TPSA) is 20.3 Å². The molecule has 0 rings (SSSR count). The molecular weight excluding hydrogens is 262 g/mol. The maximum Gasteiger partial charge on any atom is 2.00 e.